The summed E-state index contributed by atoms with van der Waals surface area (Å²) in [5.41, 5.74) is 0. The molecule has 0 aromatic heterocycles. The Morgan fingerprint density at radius 2 is 1.85 bits per heavy atom. The van der Waals surface area contributed by atoms with Crippen molar-refractivity contribution in [1.29, 1.82) is 0 Å². The summed E-state index contributed by atoms with van der Waals surface area (Å²) in [6.07, 6.45) is 6.03. The van der Waals surface area contributed by atoms with E-state index in [0.717, 1.165) is 25.7 Å². The van der Waals surface area contributed by atoms with E-state index in [2.05, 4.69) is 10.1 Å². The van der Waals surface area contributed by atoms with Crippen molar-refractivity contribution in [2.45, 2.75) is 64.3 Å². The van der Waals surface area contributed by atoms with Gasteiger partial charge in [0.25, 0.3) is 0 Å². The predicted octanol–water partition coefficient (Wildman–Crippen LogP) is 1.98. The monoisotopic (exact) mass is 283 g/mol. The lowest BCUT2D eigenvalue weighted by molar-refractivity contribution is -0.143. The maximum absolute atomic E-state index is 12.2. The van der Waals surface area contributed by atoms with E-state index in [0.29, 0.717) is 12.8 Å². The van der Waals surface area contributed by atoms with Crippen molar-refractivity contribution in [1.82, 2.24) is 5.32 Å². The Bertz CT molecular complexity index is 348. The van der Waals surface area contributed by atoms with Gasteiger partial charge in [-0.05, 0) is 19.3 Å². The van der Waals surface area contributed by atoms with Gasteiger partial charge in [0.1, 0.15) is 0 Å². The number of ketones is 1. The van der Waals surface area contributed by atoms with E-state index in [1.165, 1.54) is 13.5 Å². The number of amides is 1. The van der Waals surface area contributed by atoms with Gasteiger partial charge in [0.2, 0.25) is 5.91 Å². The molecule has 0 radical (unpaired) electrons. The summed E-state index contributed by atoms with van der Waals surface area (Å²) < 4.78 is 4.59. The van der Waals surface area contributed by atoms with Gasteiger partial charge in [-0.25, -0.2) is 0 Å². The second-order valence-corrected chi connectivity index (χ2v) is 5.39. The van der Waals surface area contributed by atoms with Gasteiger partial charge < -0.3 is 10.1 Å². The van der Waals surface area contributed by atoms with Crippen LogP contribution in [-0.4, -0.2) is 30.8 Å². The molecule has 1 saturated carbocycles. The van der Waals surface area contributed by atoms with Gasteiger partial charge in [-0.15, -0.1) is 0 Å². The van der Waals surface area contributed by atoms with E-state index in [1.807, 2.05) is 6.92 Å². The lowest BCUT2D eigenvalue weighted by atomic mass is 9.88. The van der Waals surface area contributed by atoms with Gasteiger partial charge >= 0.3 is 5.97 Å². The van der Waals surface area contributed by atoms with E-state index in [1.54, 1.807) is 0 Å². The highest BCUT2D eigenvalue weighted by molar-refractivity contribution is 5.92. The highest BCUT2D eigenvalue weighted by Crippen LogP contribution is 2.23. The van der Waals surface area contributed by atoms with Crippen molar-refractivity contribution < 1.29 is 19.1 Å². The first kappa shape index (κ1) is 16.7. The number of hydrogen-bond acceptors (Lipinski definition) is 4. The number of methoxy groups -OCH3 is 1. The molecule has 114 valence electrons. The van der Waals surface area contributed by atoms with E-state index in [9.17, 15) is 14.4 Å². The molecule has 1 aliphatic carbocycles. The molecule has 0 heterocycles. The molecule has 0 bridgehead atoms. The SMILES string of the molecule is CCCC(=O)C(CC(=O)OC)NC(=O)C1CCCCC1. The largest absolute Gasteiger partial charge is 0.469 e. The number of rotatable bonds is 7. The molecular weight excluding hydrogens is 258 g/mol. The highest BCUT2D eigenvalue weighted by Gasteiger charge is 2.27. The standard InChI is InChI=1S/C15H25NO4/c1-3-7-13(17)12(10-14(18)20-2)16-15(19)11-8-5-4-6-9-11/h11-12H,3-10H2,1-2H3,(H,16,19). The molecule has 1 unspecified atom stereocenters. The molecule has 20 heavy (non-hydrogen) atoms. The van der Waals surface area contributed by atoms with Gasteiger partial charge in [-0.3, -0.25) is 14.4 Å². The Hall–Kier alpha value is -1.39. The molecule has 0 aromatic rings. The summed E-state index contributed by atoms with van der Waals surface area (Å²) in [5, 5.41) is 2.75. The Balaban J connectivity index is 2.59. The Morgan fingerprint density at radius 3 is 2.40 bits per heavy atom. The quantitative estimate of drug-likeness (QED) is 0.725. The van der Waals surface area contributed by atoms with Gasteiger partial charge in [-0.2, -0.15) is 0 Å². The predicted molar refractivity (Wildman–Crippen MR) is 75.1 cm³/mol. The number of carbonyl (C=O) groups excluding carboxylic acids is 3. The van der Waals surface area contributed by atoms with Gasteiger partial charge in [0.05, 0.1) is 19.6 Å². The third kappa shape index (κ3) is 5.31. The van der Waals surface area contributed by atoms with Crippen LogP contribution in [0.1, 0.15) is 58.3 Å². The summed E-state index contributed by atoms with van der Waals surface area (Å²) in [6.45, 7) is 1.90. The van der Waals surface area contributed by atoms with Crippen LogP contribution in [0, 0.1) is 5.92 Å². The highest BCUT2D eigenvalue weighted by atomic mass is 16.5. The van der Waals surface area contributed by atoms with Crippen LogP contribution in [0.3, 0.4) is 0 Å². The topological polar surface area (TPSA) is 72.5 Å². The number of carbonyl (C=O) groups is 3. The first-order valence-corrected chi connectivity index (χ1v) is 7.48. The number of nitrogens with one attached hydrogen (secondary N) is 1. The smallest absolute Gasteiger partial charge is 0.308 e. The minimum Gasteiger partial charge on any atom is -0.469 e. The van der Waals surface area contributed by atoms with Crippen LogP contribution in [0.2, 0.25) is 0 Å². The van der Waals surface area contributed by atoms with Crippen molar-refractivity contribution >= 4 is 17.7 Å². The van der Waals surface area contributed by atoms with Gasteiger partial charge in [0, 0.05) is 12.3 Å². The van der Waals surface area contributed by atoms with Crippen molar-refractivity contribution in [3.05, 3.63) is 0 Å². The second kappa shape index (κ2) is 8.72. The zero-order chi connectivity index (χ0) is 15.0. The molecule has 1 atom stereocenters. The third-order valence-electron chi connectivity index (χ3n) is 3.78. The summed E-state index contributed by atoms with van der Waals surface area (Å²) in [7, 11) is 1.28. The Labute approximate surface area is 120 Å². The summed E-state index contributed by atoms with van der Waals surface area (Å²) in [5.74, 6) is -0.674. The molecule has 1 amide bonds. The van der Waals surface area contributed by atoms with Crippen LogP contribution in [-0.2, 0) is 19.1 Å². The second-order valence-electron chi connectivity index (χ2n) is 5.39. The van der Waals surface area contributed by atoms with Crippen molar-refractivity contribution in [2.75, 3.05) is 7.11 Å². The minimum absolute atomic E-state index is 0.0154. The van der Waals surface area contributed by atoms with Crippen LogP contribution in [0.25, 0.3) is 0 Å². The summed E-state index contributed by atoms with van der Waals surface area (Å²) in [6, 6.07) is -0.739. The number of ether oxygens (including phenoxy) is 1. The molecule has 0 spiro atoms. The van der Waals surface area contributed by atoms with Crippen molar-refractivity contribution in [3.8, 4) is 0 Å². The fourth-order valence-corrected chi connectivity index (χ4v) is 2.57. The molecule has 5 heteroatoms. The van der Waals surface area contributed by atoms with Crippen LogP contribution in [0.4, 0.5) is 0 Å². The van der Waals surface area contributed by atoms with Gasteiger partial charge in [0.15, 0.2) is 5.78 Å². The van der Waals surface area contributed by atoms with Gasteiger partial charge in [-0.1, -0.05) is 26.2 Å². The van der Waals surface area contributed by atoms with E-state index in [-0.39, 0.29) is 24.0 Å². The molecule has 1 rings (SSSR count). The minimum atomic E-state index is -0.739. The zero-order valence-corrected chi connectivity index (χ0v) is 12.4. The molecule has 0 saturated heterocycles. The lowest BCUT2D eigenvalue weighted by Gasteiger charge is -2.24. The molecule has 0 aromatic carbocycles. The number of Topliss-reactive ketones (excluding diaryl/α,β-unsaturated/α-hetero) is 1. The molecule has 0 aliphatic heterocycles. The third-order valence-corrected chi connectivity index (χ3v) is 3.78. The number of hydrogen-bond donors (Lipinski definition) is 1. The molecule has 1 fully saturated rings. The summed E-state index contributed by atoms with van der Waals surface area (Å²) in [4.78, 5) is 35.5. The Kier molecular flexibility index (Phi) is 7.26. The first-order chi connectivity index (χ1) is 9.58. The first-order valence-electron chi connectivity index (χ1n) is 7.48. The Morgan fingerprint density at radius 1 is 1.20 bits per heavy atom. The van der Waals surface area contributed by atoms with Crippen LogP contribution in [0.5, 0.6) is 0 Å². The molecule has 5 nitrogen and oxygen atoms in total. The molecule has 1 N–H and O–H groups in total. The average molecular weight is 283 g/mol. The van der Waals surface area contributed by atoms with Crippen LogP contribution >= 0.6 is 0 Å². The van der Waals surface area contributed by atoms with E-state index >= 15 is 0 Å². The van der Waals surface area contributed by atoms with Crippen LogP contribution in [0.15, 0.2) is 0 Å². The summed E-state index contributed by atoms with van der Waals surface area (Å²) >= 11 is 0. The number of esters is 1. The lowest BCUT2D eigenvalue weighted by Crippen LogP contribution is -2.45. The van der Waals surface area contributed by atoms with E-state index < -0.39 is 12.0 Å². The zero-order valence-electron chi connectivity index (χ0n) is 12.4. The average Bonchev–Trinajstić information content (AvgIpc) is 2.47. The fraction of sp³-hybridized carbons (Fsp3) is 0.800. The molecule has 1 aliphatic rings. The molecular formula is C15H25NO4. The van der Waals surface area contributed by atoms with Crippen molar-refractivity contribution in [2.24, 2.45) is 5.92 Å². The normalized spacial score (nSPS) is 17.3. The maximum Gasteiger partial charge on any atom is 0.308 e. The van der Waals surface area contributed by atoms with E-state index in [4.69, 9.17) is 0 Å². The fourth-order valence-electron chi connectivity index (χ4n) is 2.57. The van der Waals surface area contributed by atoms with Crippen LogP contribution < -0.4 is 5.32 Å². The van der Waals surface area contributed by atoms with Crippen molar-refractivity contribution in [3.63, 3.8) is 0 Å². The maximum atomic E-state index is 12.2.